The highest BCUT2D eigenvalue weighted by molar-refractivity contribution is 5.98. The zero-order valence-electron chi connectivity index (χ0n) is 14.7. The van der Waals surface area contributed by atoms with Crippen LogP contribution in [-0.2, 0) is 19.4 Å². The van der Waals surface area contributed by atoms with E-state index in [1.807, 2.05) is 24.3 Å². The van der Waals surface area contributed by atoms with E-state index in [0.29, 0.717) is 22.5 Å². The molecule has 0 radical (unpaired) electrons. The first-order valence-corrected chi connectivity index (χ1v) is 9.02. The van der Waals surface area contributed by atoms with E-state index in [-0.39, 0.29) is 12.5 Å². The zero-order chi connectivity index (χ0) is 18.4. The van der Waals surface area contributed by atoms with E-state index in [9.17, 15) is 5.11 Å². The van der Waals surface area contributed by atoms with Crippen LogP contribution in [0.4, 0.5) is 5.82 Å². The molecule has 0 unspecified atom stereocenters. The second kappa shape index (κ2) is 6.17. The number of hydrogen-bond acceptors (Lipinski definition) is 5. The summed E-state index contributed by atoms with van der Waals surface area (Å²) in [5.74, 6) is 1.40. The summed E-state index contributed by atoms with van der Waals surface area (Å²) < 4.78 is 0. The van der Waals surface area contributed by atoms with Crippen LogP contribution in [0, 0.1) is 0 Å². The van der Waals surface area contributed by atoms with Gasteiger partial charge >= 0.3 is 0 Å². The third kappa shape index (κ3) is 2.57. The number of H-pyrrole nitrogens is 1. The van der Waals surface area contributed by atoms with Gasteiger partial charge in [0.2, 0.25) is 0 Å². The highest BCUT2D eigenvalue weighted by Gasteiger charge is 2.26. The van der Waals surface area contributed by atoms with Crippen LogP contribution in [0.5, 0.6) is 0 Å². The van der Waals surface area contributed by atoms with Crippen molar-refractivity contribution >= 4 is 16.9 Å². The molecule has 2 heterocycles. The van der Waals surface area contributed by atoms with Crippen LogP contribution in [0.2, 0.25) is 0 Å². The van der Waals surface area contributed by atoms with Gasteiger partial charge in [0, 0.05) is 11.5 Å². The van der Waals surface area contributed by atoms with Gasteiger partial charge in [-0.3, -0.25) is 5.10 Å². The van der Waals surface area contributed by atoms with E-state index >= 15 is 0 Å². The number of nitrogens with zero attached hydrogens (tertiary/aromatic N) is 3. The Morgan fingerprint density at radius 1 is 1.00 bits per heavy atom. The molecule has 6 nitrogen and oxygen atoms in total. The molecular weight excluding hydrogens is 338 g/mol. The predicted octanol–water partition coefficient (Wildman–Crippen LogP) is 2.98. The van der Waals surface area contributed by atoms with Gasteiger partial charge in [-0.25, -0.2) is 9.97 Å². The minimum atomic E-state index is -0.0658. The molecule has 0 spiro atoms. The fraction of sp³-hybridized carbons (Fsp3) is 0.190. The minimum absolute atomic E-state index is 0.0658. The van der Waals surface area contributed by atoms with Crippen molar-refractivity contribution in [1.82, 2.24) is 20.2 Å². The first kappa shape index (κ1) is 16.0. The molecule has 1 aliphatic rings. The Bertz CT molecular complexity index is 1130. The van der Waals surface area contributed by atoms with E-state index in [0.717, 1.165) is 29.8 Å². The zero-order valence-corrected chi connectivity index (χ0v) is 14.7. The molecular formula is C21H19N5O. The summed E-state index contributed by atoms with van der Waals surface area (Å²) in [6.07, 6.45) is 1.85. The Labute approximate surface area is 156 Å². The number of benzene rings is 2. The average molecular weight is 357 g/mol. The number of fused-ring (bicyclic) bond motifs is 2. The van der Waals surface area contributed by atoms with Crippen LogP contribution in [-0.4, -0.2) is 25.3 Å². The predicted molar refractivity (Wildman–Crippen MR) is 104 cm³/mol. The van der Waals surface area contributed by atoms with Gasteiger partial charge in [-0.05, 0) is 29.5 Å². The number of hydrogen-bond donors (Lipinski definition) is 3. The second-order valence-electron chi connectivity index (χ2n) is 6.95. The van der Waals surface area contributed by atoms with Crippen molar-refractivity contribution in [2.24, 2.45) is 0 Å². The topological polar surface area (TPSA) is 101 Å². The Balaban J connectivity index is 1.58. The molecule has 0 saturated heterocycles. The molecule has 2 aromatic carbocycles. The Kier molecular flexibility index (Phi) is 3.65. The van der Waals surface area contributed by atoms with E-state index in [1.165, 1.54) is 11.1 Å². The molecule has 0 bridgehead atoms. The summed E-state index contributed by atoms with van der Waals surface area (Å²) in [7, 11) is 0. The maximum atomic E-state index is 9.63. The molecule has 0 aliphatic heterocycles. The summed E-state index contributed by atoms with van der Waals surface area (Å²) in [6, 6.07) is 16.1. The Morgan fingerprint density at radius 2 is 1.70 bits per heavy atom. The second-order valence-corrected chi connectivity index (χ2v) is 6.95. The lowest BCUT2D eigenvalue weighted by Gasteiger charge is -2.09. The molecule has 134 valence electrons. The Hall–Kier alpha value is -3.25. The number of aromatic amines is 1. The van der Waals surface area contributed by atoms with Crippen LogP contribution in [0.15, 0.2) is 48.5 Å². The largest absolute Gasteiger partial charge is 0.392 e. The quantitative estimate of drug-likeness (QED) is 0.523. The summed E-state index contributed by atoms with van der Waals surface area (Å²) >= 11 is 0. The van der Waals surface area contributed by atoms with Crippen molar-refractivity contribution in [3.05, 3.63) is 71.0 Å². The van der Waals surface area contributed by atoms with Crippen LogP contribution >= 0.6 is 0 Å². The van der Waals surface area contributed by atoms with E-state index in [4.69, 9.17) is 10.7 Å². The number of nitrogens with one attached hydrogen (secondary N) is 1. The standard InChI is InChI=1S/C21H19N5O/c22-19-17-18(16-8-4-3-7-14(16)11-27)25-26-21(17)24-20(23-19)15-9-12-5-1-2-6-13(12)10-15/h1-8,15,27H,9-11H2,(H3,22,23,24,25,26). The summed E-state index contributed by atoms with van der Waals surface area (Å²) in [4.78, 5) is 9.36. The van der Waals surface area contributed by atoms with Gasteiger partial charge in [-0.15, -0.1) is 0 Å². The van der Waals surface area contributed by atoms with Gasteiger partial charge in [-0.1, -0.05) is 48.5 Å². The summed E-state index contributed by atoms with van der Waals surface area (Å²) in [5.41, 5.74) is 12.0. The van der Waals surface area contributed by atoms with Crippen molar-refractivity contribution in [3.63, 3.8) is 0 Å². The monoisotopic (exact) mass is 357 g/mol. The maximum absolute atomic E-state index is 9.63. The highest BCUT2D eigenvalue weighted by atomic mass is 16.3. The minimum Gasteiger partial charge on any atom is -0.392 e. The van der Waals surface area contributed by atoms with E-state index in [1.54, 1.807) is 0 Å². The van der Waals surface area contributed by atoms with Gasteiger partial charge in [0.05, 0.1) is 12.0 Å². The molecule has 0 atom stereocenters. The molecule has 4 aromatic rings. The van der Waals surface area contributed by atoms with Crippen LogP contribution in [0.3, 0.4) is 0 Å². The number of aliphatic hydroxyl groups is 1. The van der Waals surface area contributed by atoms with Gasteiger partial charge < -0.3 is 10.8 Å². The molecule has 0 saturated carbocycles. The molecule has 5 rings (SSSR count). The van der Waals surface area contributed by atoms with Crippen molar-refractivity contribution < 1.29 is 5.11 Å². The molecule has 0 amide bonds. The Morgan fingerprint density at radius 3 is 2.44 bits per heavy atom. The van der Waals surface area contributed by atoms with Gasteiger partial charge in [0.15, 0.2) is 5.65 Å². The normalized spacial score (nSPS) is 14.0. The lowest BCUT2D eigenvalue weighted by atomic mass is 10.0. The first-order valence-electron chi connectivity index (χ1n) is 9.02. The molecule has 0 fully saturated rings. The molecule has 4 N–H and O–H groups in total. The lowest BCUT2D eigenvalue weighted by Crippen LogP contribution is -2.07. The van der Waals surface area contributed by atoms with E-state index < -0.39 is 0 Å². The average Bonchev–Trinajstić information content (AvgIpc) is 3.32. The number of nitrogen functional groups attached to an aromatic ring is 1. The third-order valence-electron chi connectivity index (χ3n) is 5.32. The van der Waals surface area contributed by atoms with Crippen LogP contribution in [0.1, 0.15) is 28.4 Å². The number of anilines is 1. The van der Waals surface area contributed by atoms with E-state index in [2.05, 4.69) is 39.4 Å². The van der Waals surface area contributed by atoms with Gasteiger partial charge in [0.1, 0.15) is 17.3 Å². The molecule has 27 heavy (non-hydrogen) atoms. The van der Waals surface area contributed by atoms with Gasteiger partial charge in [0.25, 0.3) is 0 Å². The smallest absolute Gasteiger partial charge is 0.161 e. The SMILES string of the molecule is Nc1nc(C2Cc3ccccc3C2)nc2[nH]nc(-c3ccccc3CO)c12. The van der Waals surface area contributed by atoms with Crippen molar-refractivity contribution in [1.29, 1.82) is 0 Å². The molecule has 1 aliphatic carbocycles. The fourth-order valence-electron chi connectivity index (χ4n) is 3.98. The van der Waals surface area contributed by atoms with Crippen molar-refractivity contribution in [2.45, 2.75) is 25.4 Å². The van der Waals surface area contributed by atoms with Crippen molar-refractivity contribution in [3.8, 4) is 11.3 Å². The third-order valence-corrected chi connectivity index (χ3v) is 5.32. The number of aromatic nitrogens is 4. The molecule has 6 heteroatoms. The fourth-order valence-corrected chi connectivity index (χ4v) is 3.98. The number of aliphatic hydroxyl groups excluding tert-OH is 1. The molecule has 2 aromatic heterocycles. The summed E-state index contributed by atoms with van der Waals surface area (Å²) in [6.45, 7) is -0.0658. The number of nitrogens with two attached hydrogens (primary N) is 1. The number of rotatable bonds is 3. The first-order chi connectivity index (χ1) is 13.2. The lowest BCUT2D eigenvalue weighted by molar-refractivity contribution is 0.282. The summed E-state index contributed by atoms with van der Waals surface area (Å²) in [5, 5.41) is 17.8. The van der Waals surface area contributed by atoms with Crippen LogP contribution in [0.25, 0.3) is 22.3 Å². The van der Waals surface area contributed by atoms with Gasteiger partial charge in [-0.2, -0.15) is 5.10 Å². The highest BCUT2D eigenvalue weighted by Crippen LogP contribution is 2.35. The van der Waals surface area contributed by atoms with Crippen molar-refractivity contribution in [2.75, 3.05) is 5.73 Å². The van der Waals surface area contributed by atoms with Crippen LogP contribution < -0.4 is 5.73 Å². The maximum Gasteiger partial charge on any atom is 0.161 e.